The Bertz CT molecular complexity index is 862. The van der Waals surface area contributed by atoms with Crippen molar-refractivity contribution < 1.29 is 13.3 Å². The van der Waals surface area contributed by atoms with Gasteiger partial charge in [0, 0.05) is 68.4 Å². The molecule has 13 heteroatoms. The van der Waals surface area contributed by atoms with Crippen LogP contribution in [0, 0.1) is 0 Å². The van der Waals surface area contributed by atoms with Crippen LogP contribution >= 0.6 is 0 Å². The fourth-order valence-electron chi connectivity index (χ4n) is 1.81. The van der Waals surface area contributed by atoms with E-state index in [1.807, 2.05) is 55.0 Å². The van der Waals surface area contributed by atoms with Crippen molar-refractivity contribution in [2.24, 2.45) is 4.99 Å². The maximum absolute atomic E-state index is 4.58. The van der Waals surface area contributed by atoms with Gasteiger partial charge >= 0.3 is 0 Å². The predicted octanol–water partition coefficient (Wildman–Crippen LogP) is 9.03. The topological polar surface area (TPSA) is 179 Å². The van der Waals surface area contributed by atoms with E-state index in [9.17, 15) is 0 Å². The molecular weight excluding hydrogens is 572 g/mol. The van der Waals surface area contributed by atoms with E-state index < -0.39 is 0 Å². The van der Waals surface area contributed by atoms with Gasteiger partial charge in [0.15, 0.2) is 12.8 Å². The molecule has 0 aromatic carbocycles. The Morgan fingerprint density at radius 1 is 0.489 bits per heavy atom. The summed E-state index contributed by atoms with van der Waals surface area (Å²) < 4.78 is 13.5. The molecule has 0 atom stereocenters. The number of furan rings is 1. The Balaban J connectivity index is -0.000000133. The maximum Gasteiger partial charge on any atom is 0.180 e. The summed E-state index contributed by atoms with van der Waals surface area (Å²) in [4.78, 5) is 26.6. The molecule has 0 aliphatic carbocycles. The van der Waals surface area contributed by atoms with Crippen molar-refractivity contribution in [1.29, 1.82) is 0 Å². The van der Waals surface area contributed by atoms with Gasteiger partial charge < -0.3 is 28.2 Å². The van der Waals surface area contributed by atoms with E-state index in [1.54, 1.807) is 81.0 Å². The molecule has 45 heavy (non-hydrogen) atoms. The normalized spacial score (nSPS) is 8.18. The molecule has 0 radical (unpaired) electrons. The number of aromatic amines is 4. The highest BCUT2D eigenvalue weighted by Gasteiger charge is 1.73. The minimum atomic E-state index is 0. The Labute approximate surface area is 268 Å². The number of aromatic nitrogens is 9. The van der Waals surface area contributed by atoms with Crippen LogP contribution in [0.2, 0.25) is 0 Å². The molecule has 0 spiro atoms. The summed E-state index contributed by atoms with van der Waals surface area (Å²) in [5.41, 5.74) is 0. The monoisotopic (exact) mass is 624 g/mol. The van der Waals surface area contributed by atoms with E-state index in [-0.39, 0.29) is 37.1 Å². The highest BCUT2D eigenvalue weighted by atomic mass is 16.3. The number of hydrogen-bond donors (Lipinski definition) is 4. The average molecular weight is 625 g/mol. The number of hydrogen-bond acceptors (Lipinski definition) is 9. The second-order valence-corrected chi connectivity index (χ2v) is 6.27. The number of nitrogens with zero attached hydrogens (tertiary/aromatic N) is 6. The average Bonchev–Trinajstić information content (AvgIpc) is 3.95. The van der Waals surface area contributed by atoms with Crippen molar-refractivity contribution in [2.75, 3.05) is 0 Å². The standard InChI is InChI=1S/2C4H5N.C4H4O.3C3H4N2.2C3H3NO.5CH4/c3*1-2-4-5-3-1;2*1-2-5-3-4-1;1-2-4-5-3-1;2*1-2-5-3-4-1;;;;;/h1,3-4H,2H2;1-5H;1-4H;3*1-3H,(H,4,5);2*1-3H;5*1H4. The highest BCUT2D eigenvalue weighted by molar-refractivity contribution is 5.62. The first-order chi connectivity index (χ1) is 20.0. The molecule has 1 aliphatic rings. The summed E-state index contributed by atoms with van der Waals surface area (Å²) in [5, 5.41) is 6.21. The lowest BCUT2D eigenvalue weighted by molar-refractivity contribution is 0.557. The summed E-state index contributed by atoms with van der Waals surface area (Å²) in [6.45, 7) is 0. The fourth-order valence-corrected chi connectivity index (χ4v) is 1.81. The molecule has 7 aromatic heterocycles. The van der Waals surface area contributed by atoms with Gasteiger partial charge in [0.1, 0.15) is 12.5 Å². The molecule has 13 nitrogen and oxygen atoms in total. The van der Waals surface area contributed by atoms with Crippen LogP contribution in [0.5, 0.6) is 0 Å². The van der Waals surface area contributed by atoms with Crippen molar-refractivity contribution in [1.82, 2.24) is 45.1 Å². The Kier molecular flexibility index (Phi) is 48.8. The molecule has 248 valence electrons. The van der Waals surface area contributed by atoms with E-state index in [0.29, 0.717) is 0 Å². The zero-order valence-electron chi connectivity index (χ0n) is 21.6. The number of rotatable bonds is 0. The van der Waals surface area contributed by atoms with Gasteiger partial charge in [-0.25, -0.2) is 19.9 Å². The van der Waals surface area contributed by atoms with E-state index in [2.05, 4.69) is 63.3 Å². The summed E-state index contributed by atoms with van der Waals surface area (Å²) in [6.07, 6.45) is 36.3. The first-order valence-electron chi connectivity index (χ1n) is 11.6. The lowest BCUT2D eigenvalue weighted by Gasteiger charge is -1.54. The highest BCUT2D eigenvalue weighted by Crippen LogP contribution is 1.86. The van der Waals surface area contributed by atoms with Crippen LogP contribution in [-0.4, -0.2) is 51.3 Å². The molecule has 0 unspecified atom stereocenters. The van der Waals surface area contributed by atoms with Gasteiger partial charge in [-0.15, -0.1) is 0 Å². The van der Waals surface area contributed by atoms with Gasteiger partial charge in [0.2, 0.25) is 0 Å². The van der Waals surface area contributed by atoms with Gasteiger partial charge in [-0.1, -0.05) is 43.2 Å². The molecule has 0 saturated carbocycles. The van der Waals surface area contributed by atoms with Crippen LogP contribution in [0.1, 0.15) is 43.6 Å². The van der Waals surface area contributed by atoms with Crippen molar-refractivity contribution in [2.45, 2.75) is 43.6 Å². The molecular formula is C32H52N10O3. The number of H-pyrrole nitrogens is 4. The molecule has 1 aliphatic heterocycles. The fraction of sp³-hybridized carbons (Fsp3) is 0.188. The summed E-state index contributed by atoms with van der Waals surface area (Å²) >= 11 is 0. The minimum absolute atomic E-state index is 0. The third-order valence-corrected chi connectivity index (χ3v) is 3.37. The van der Waals surface area contributed by atoms with Crippen molar-refractivity contribution in [3.63, 3.8) is 0 Å². The van der Waals surface area contributed by atoms with E-state index in [1.165, 1.54) is 25.3 Å². The van der Waals surface area contributed by atoms with E-state index >= 15 is 0 Å². The Morgan fingerprint density at radius 2 is 1.07 bits per heavy atom. The first kappa shape index (κ1) is 48.7. The van der Waals surface area contributed by atoms with Gasteiger partial charge in [-0.05, 0) is 30.3 Å². The minimum Gasteiger partial charge on any atom is -0.473 e. The summed E-state index contributed by atoms with van der Waals surface area (Å²) in [5.74, 6) is 0. The number of allylic oxidation sites excluding steroid dienone is 1. The number of aliphatic imine (C=N–C) groups is 1. The zero-order chi connectivity index (χ0) is 28.3. The number of nitrogens with one attached hydrogen (secondary N) is 4. The molecule has 4 N–H and O–H groups in total. The summed E-state index contributed by atoms with van der Waals surface area (Å²) in [6, 6.07) is 9.39. The van der Waals surface area contributed by atoms with Crippen molar-refractivity contribution >= 4 is 6.21 Å². The van der Waals surface area contributed by atoms with Crippen LogP contribution in [0.15, 0.2) is 173 Å². The number of imidazole rings is 2. The number of oxazole rings is 2. The van der Waals surface area contributed by atoms with Crippen LogP contribution in [0.3, 0.4) is 0 Å². The molecule has 7 aromatic rings. The van der Waals surface area contributed by atoms with Gasteiger partial charge in [0.25, 0.3) is 0 Å². The smallest absolute Gasteiger partial charge is 0.180 e. The van der Waals surface area contributed by atoms with Crippen LogP contribution in [-0.2, 0) is 0 Å². The Hall–Kier alpha value is -5.98. The van der Waals surface area contributed by atoms with Crippen LogP contribution in [0.25, 0.3) is 0 Å². The van der Waals surface area contributed by atoms with Crippen molar-refractivity contribution in [3.8, 4) is 0 Å². The van der Waals surface area contributed by atoms with E-state index in [4.69, 9.17) is 0 Å². The molecule has 8 rings (SSSR count). The lowest BCUT2D eigenvalue weighted by Crippen LogP contribution is -1.53. The Morgan fingerprint density at radius 3 is 1.20 bits per heavy atom. The van der Waals surface area contributed by atoms with Crippen LogP contribution in [0.4, 0.5) is 0 Å². The quantitative estimate of drug-likeness (QED) is 0.129. The summed E-state index contributed by atoms with van der Waals surface area (Å²) in [7, 11) is 0. The molecule has 8 heterocycles. The molecule has 0 saturated heterocycles. The van der Waals surface area contributed by atoms with Gasteiger partial charge in [0.05, 0.1) is 37.6 Å². The van der Waals surface area contributed by atoms with Gasteiger partial charge in [-0.3, -0.25) is 10.1 Å². The van der Waals surface area contributed by atoms with Gasteiger partial charge in [-0.2, -0.15) is 5.10 Å². The predicted molar refractivity (Wildman–Crippen MR) is 184 cm³/mol. The largest absolute Gasteiger partial charge is 0.473 e. The van der Waals surface area contributed by atoms with E-state index in [0.717, 1.165) is 6.42 Å². The zero-order valence-corrected chi connectivity index (χ0v) is 21.6. The molecule has 0 amide bonds. The van der Waals surface area contributed by atoms with Crippen molar-refractivity contribution in [3.05, 3.63) is 155 Å². The molecule has 0 bridgehead atoms. The third kappa shape index (κ3) is 42.6. The molecule has 0 fully saturated rings. The SMILES string of the molecule is C.C.C.C.C.C1=CN=CC1.c1c[nH]cn1.c1c[nH]cn1.c1cc[nH]c1.c1ccoc1.c1cn[nH]c1.c1cocn1.c1cocn1. The second kappa shape index (κ2) is 45.0. The van der Waals surface area contributed by atoms with Crippen LogP contribution < -0.4 is 0 Å². The maximum atomic E-state index is 4.58. The first-order valence-corrected chi connectivity index (χ1v) is 11.6. The lowest BCUT2D eigenvalue weighted by atomic mass is 10.5. The third-order valence-electron chi connectivity index (χ3n) is 3.37. The second-order valence-electron chi connectivity index (χ2n) is 6.27.